The number of rotatable bonds is 2. The van der Waals surface area contributed by atoms with Crippen LogP contribution in [-0.2, 0) is 9.53 Å². The Morgan fingerprint density at radius 3 is 2.84 bits per heavy atom. The van der Waals surface area contributed by atoms with Gasteiger partial charge in [0.1, 0.15) is 11.6 Å². The summed E-state index contributed by atoms with van der Waals surface area (Å²) in [7, 11) is 0. The van der Waals surface area contributed by atoms with Gasteiger partial charge in [0.25, 0.3) is 0 Å². The Kier molecular flexibility index (Phi) is 2.72. The van der Waals surface area contributed by atoms with Crippen molar-refractivity contribution < 1.29 is 18.3 Å². The molecule has 0 atom stereocenters. The summed E-state index contributed by atoms with van der Waals surface area (Å²) in [5.41, 5.74) is 0.533. The zero-order valence-corrected chi connectivity index (χ0v) is 9.67. The monoisotopic (exact) mass is 257 g/mol. The molecule has 3 rings (SSSR count). The van der Waals surface area contributed by atoms with Crippen LogP contribution in [0.1, 0.15) is 11.3 Å². The number of carbonyl (C=O) groups is 1. The first-order chi connectivity index (χ1) is 9.22. The average molecular weight is 257 g/mol. The third-order valence-corrected chi connectivity index (χ3v) is 2.51. The van der Waals surface area contributed by atoms with E-state index in [0.29, 0.717) is 11.3 Å². The molecule has 0 radical (unpaired) electrons. The van der Waals surface area contributed by atoms with Crippen molar-refractivity contribution in [3.05, 3.63) is 65.5 Å². The molecule has 4 nitrogen and oxygen atoms in total. The van der Waals surface area contributed by atoms with Crippen LogP contribution in [0.5, 0.6) is 0 Å². The number of hydrogen-bond donors (Lipinski definition) is 0. The molecule has 0 saturated carbocycles. The normalized spacial score (nSPS) is 16.6. The molecule has 2 heterocycles. The second-order valence-corrected chi connectivity index (χ2v) is 3.86. The van der Waals surface area contributed by atoms with E-state index in [1.807, 2.05) is 0 Å². The van der Waals surface area contributed by atoms with E-state index in [1.54, 1.807) is 18.2 Å². The van der Waals surface area contributed by atoms with Crippen LogP contribution < -0.4 is 0 Å². The summed E-state index contributed by atoms with van der Waals surface area (Å²) in [6, 6.07) is 9.09. The summed E-state index contributed by atoms with van der Waals surface area (Å²) in [6.07, 6.45) is 2.96. The van der Waals surface area contributed by atoms with E-state index in [4.69, 9.17) is 9.15 Å². The van der Waals surface area contributed by atoms with E-state index in [1.165, 1.54) is 30.5 Å². The van der Waals surface area contributed by atoms with Crippen LogP contribution >= 0.6 is 0 Å². The van der Waals surface area contributed by atoms with E-state index in [0.717, 1.165) is 0 Å². The first-order valence-corrected chi connectivity index (χ1v) is 5.54. The Balaban J connectivity index is 1.95. The van der Waals surface area contributed by atoms with Crippen molar-refractivity contribution in [2.45, 2.75) is 0 Å². The number of aliphatic imine (C=N–C) groups is 1. The van der Waals surface area contributed by atoms with E-state index in [2.05, 4.69) is 4.99 Å². The van der Waals surface area contributed by atoms with Crippen molar-refractivity contribution in [1.82, 2.24) is 0 Å². The molecule has 94 valence electrons. The summed E-state index contributed by atoms with van der Waals surface area (Å²) < 4.78 is 23.2. The first-order valence-electron chi connectivity index (χ1n) is 5.54. The predicted molar refractivity (Wildman–Crippen MR) is 65.7 cm³/mol. The van der Waals surface area contributed by atoms with Gasteiger partial charge in [-0.15, -0.1) is 0 Å². The topological polar surface area (TPSA) is 51.8 Å². The smallest absolute Gasteiger partial charge is 0.363 e. The zero-order valence-electron chi connectivity index (χ0n) is 9.67. The summed E-state index contributed by atoms with van der Waals surface area (Å²) in [4.78, 5) is 15.7. The van der Waals surface area contributed by atoms with E-state index in [9.17, 15) is 9.18 Å². The molecule has 0 amide bonds. The zero-order chi connectivity index (χ0) is 13.2. The minimum Gasteiger partial charge on any atom is -0.465 e. The lowest BCUT2D eigenvalue weighted by molar-refractivity contribution is -0.129. The molecule has 0 spiro atoms. The molecule has 0 saturated heterocycles. The molecule has 0 aliphatic carbocycles. The molecular weight excluding hydrogens is 249 g/mol. The van der Waals surface area contributed by atoms with Gasteiger partial charge in [-0.2, -0.15) is 0 Å². The van der Waals surface area contributed by atoms with Gasteiger partial charge in [0, 0.05) is 11.6 Å². The van der Waals surface area contributed by atoms with Gasteiger partial charge in [-0.3, -0.25) is 0 Å². The molecule has 0 unspecified atom stereocenters. The Morgan fingerprint density at radius 1 is 1.21 bits per heavy atom. The van der Waals surface area contributed by atoms with Crippen molar-refractivity contribution in [3.8, 4) is 0 Å². The summed E-state index contributed by atoms with van der Waals surface area (Å²) in [5, 5.41) is 0. The van der Waals surface area contributed by atoms with Crippen LogP contribution in [0.4, 0.5) is 4.39 Å². The Bertz CT molecular complexity index is 686. The van der Waals surface area contributed by atoms with Gasteiger partial charge >= 0.3 is 5.97 Å². The lowest BCUT2D eigenvalue weighted by atomic mass is 10.2. The molecule has 5 heteroatoms. The molecule has 0 bridgehead atoms. The van der Waals surface area contributed by atoms with Crippen LogP contribution in [0.25, 0.3) is 6.08 Å². The minimum absolute atomic E-state index is 0.0855. The second-order valence-electron chi connectivity index (χ2n) is 3.86. The highest BCUT2D eigenvalue weighted by atomic mass is 19.1. The highest BCUT2D eigenvalue weighted by molar-refractivity contribution is 6.12. The molecule has 1 aliphatic heterocycles. The fourth-order valence-corrected chi connectivity index (χ4v) is 1.66. The fraction of sp³-hybridized carbons (Fsp3) is 0. The second kappa shape index (κ2) is 4.53. The maximum atomic E-state index is 13.1. The van der Waals surface area contributed by atoms with Crippen LogP contribution in [0, 0.1) is 5.82 Å². The Hall–Kier alpha value is -2.69. The number of benzene rings is 1. The lowest BCUT2D eigenvalue weighted by Crippen LogP contribution is -2.05. The predicted octanol–water partition coefficient (Wildman–Crippen LogP) is 2.76. The SMILES string of the molecule is O=C1OC(c2cccc(F)c2)=N/C1=C\c1ccco1. The van der Waals surface area contributed by atoms with Gasteiger partial charge in [0.15, 0.2) is 5.70 Å². The van der Waals surface area contributed by atoms with E-state index in [-0.39, 0.29) is 11.6 Å². The summed E-state index contributed by atoms with van der Waals surface area (Å²) in [6.45, 7) is 0. The molecule has 1 aromatic carbocycles. The number of carbonyl (C=O) groups excluding carboxylic acids is 1. The summed E-state index contributed by atoms with van der Waals surface area (Å²) >= 11 is 0. The lowest BCUT2D eigenvalue weighted by Gasteiger charge is -1.98. The average Bonchev–Trinajstić information content (AvgIpc) is 3.01. The van der Waals surface area contributed by atoms with Crippen LogP contribution in [0.15, 0.2) is 57.8 Å². The standard InChI is InChI=1S/C14H8FNO3/c15-10-4-1-3-9(7-10)13-16-12(14(17)19-13)8-11-5-2-6-18-11/h1-8H/b12-8-. The number of cyclic esters (lactones) is 1. The van der Waals surface area contributed by atoms with Gasteiger partial charge in [-0.25, -0.2) is 14.2 Å². The number of furan rings is 1. The quantitative estimate of drug-likeness (QED) is 0.614. The minimum atomic E-state index is -0.587. The molecule has 2 aromatic rings. The van der Waals surface area contributed by atoms with Gasteiger partial charge < -0.3 is 9.15 Å². The molecule has 1 aromatic heterocycles. The van der Waals surface area contributed by atoms with Crippen molar-refractivity contribution >= 4 is 17.9 Å². The number of esters is 1. The fourth-order valence-electron chi connectivity index (χ4n) is 1.66. The number of nitrogens with zero attached hydrogens (tertiary/aromatic N) is 1. The van der Waals surface area contributed by atoms with Gasteiger partial charge in [0.05, 0.1) is 6.26 Å². The Labute approximate surface area is 107 Å². The van der Waals surface area contributed by atoms with Gasteiger partial charge in [-0.1, -0.05) is 6.07 Å². The maximum Gasteiger partial charge on any atom is 0.363 e. The molecule has 19 heavy (non-hydrogen) atoms. The molecular formula is C14H8FNO3. The first kappa shape index (κ1) is 11.4. The van der Waals surface area contributed by atoms with Gasteiger partial charge in [0.2, 0.25) is 5.90 Å². The van der Waals surface area contributed by atoms with Gasteiger partial charge in [-0.05, 0) is 30.3 Å². The Morgan fingerprint density at radius 2 is 2.11 bits per heavy atom. The number of halogens is 1. The number of hydrogen-bond acceptors (Lipinski definition) is 4. The van der Waals surface area contributed by atoms with E-state index < -0.39 is 11.8 Å². The van der Waals surface area contributed by atoms with Crippen molar-refractivity contribution in [3.63, 3.8) is 0 Å². The molecule has 0 N–H and O–H groups in total. The van der Waals surface area contributed by atoms with Crippen molar-refractivity contribution in [2.75, 3.05) is 0 Å². The van der Waals surface area contributed by atoms with Crippen molar-refractivity contribution in [1.29, 1.82) is 0 Å². The van der Waals surface area contributed by atoms with Crippen LogP contribution in [-0.4, -0.2) is 11.9 Å². The third-order valence-electron chi connectivity index (χ3n) is 2.51. The highest BCUT2D eigenvalue weighted by Crippen LogP contribution is 2.19. The highest BCUT2D eigenvalue weighted by Gasteiger charge is 2.24. The summed E-state index contributed by atoms with van der Waals surface area (Å²) in [5.74, 6) is -0.422. The van der Waals surface area contributed by atoms with Crippen LogP contribution in [0.2, 0.25) is 0 Å². The molecule has 1 aliphatic rings. The third kappa shape index (κ3) is 2.30. The van der Waals surface area contributed by atoms with Crippen molar-refractivity contribution in [2.24, 2.45) is 4.99 Å². The largest absolute Gasteiger partial charge is 0.465 e. The molecule has 0 fully saturated rings. The van der Waals surface area contributed by atoms with Crippen LogP contribution in [0.3, 0.4) is 0 Å². The maximum absolute atomic E-state index is 13.1. The number of ether oxygens (including phenoxy) is 1. The van der Waals surface area contributed by atoms with E-state index >= 15 is 0 Å².